The first-order chi connectivity index (χ1) is 10.3. The molecule has 0 aliphatic heterocycles. The first kappa shape index (κ1) is 16.0. The van der Waals surface area contributed by atoms with Gasteiger partial charge in [0.25, 0.3) is 0 Å². The van der Waals surface area contributed by atoms with Crippen molar-refractivity contribution in [2.45, 2.75) is 18.2 Å². The minimum absolute atomic E-state index is 0.00523. The third-order valence-corrected chi connectivity index (χ3v) is 4.20. The molecule has 2 rings (SSSR count). The van der Waals surface area contributed by atoms with Crippen LogP contribution in [0.25, 0.3) is 0 Å². The van der Waals surface area contributed by atoms with Crippen molar-refractivity contribution < 1.29 is 18.1 Å². The predicted molar refractivity (Wildman–Crippen MR) is 82.1 cm³/mol. The van der Waals surface area contributed by atoms with Gasteiger partial charge in [0.1, 0.15) is 5.75 Å². The van der Waals surface area contributed by atoms with Crippen molar-refractivity contribution in [3.63, 3.8) is 0 Å². The van der Waals surface area contributed by atoms with Gasteiger partial charge >= 0.3 is 5.69 Å². The van der Waals surface area contributed by atoms with Crippen LogP contribution in [0.1, 0.15) is 12.5 Å². The van der Waals surface area contributed by atoms with Crippen molar-refractivity contribution in [3.05, 3.63) is 58.1 Å². The molecule has 0 radical (unpaired) electrons. The molecule has 0 heterocycles. The average molecular weight is 321 g/mol. The number of rotatable bonds is 5. The Kier molecular flexibility index (Phi) is 4.46. The molecule has 0 atom stereocenters. The summed E-state index contributed by atoms with van der Waals surface area (Å²) in [6, 6.07) is 10.8. The molecule has 0 aliphatic carbocycles. The van der Waals surface area contributed by atoms with E-state index in [1.807, 2.05) is 13.0 Å². The quantitative estimate of drug-likeness (QED) is 0.622. The molecule has 0 bridgehead atoms. The zero-order chi connectivity index (χ0) is 16.3. The molecule has 2 aromatic rings. The average Bonchev–Trinajstić information content (AvgIpc) is 2.46. The van der Waals surface area contributed by atoms with Crippen LogP contribution >= 0.6 is 0 Å². The fourth-order valence-electron chi connectivity index (χ4n) is 1.91. The first-order valence-electron chi connectivity index (χ1n) is 6.56. The maximum absolute atomic E-state index is 11.5. The Bertz CT molecular complexity index is 814. The van der Waals surface area contributed by atoms with E-state index in [-0.39, 0.29) is 16.3 Å². The van der Waals surface area contributed by atoms with Gasteiger partial charge in [0.2, 0.25) is 5.75 Å². The fraction of sp³-hybridized carbons (Fsp3) is 0.200. The summed E-state index contributed by atoms with van der Waals surface area (Å²) >= 11 is 0. The lowest BCUT2D eigenvalue weighted by Crippen LogP contribution is -2.00. The molecule has 2 aromatic carbocycles. The number of hydrogen-bond donors (Lipinski definition) is 0. The van der Waals surface area contributed by atoms with Gasteiger partial charge < -0.3 is 4.74 Å². The lowest BCUT2D eigenvalue weighted by atomic mass is 10.2. The lowest BCUT2D eigenvalue weighted by Gasteiger charge is -2.08. The van der Waals surface area contributed by atoms with Gasteiger partial charge in [0.15, 0.2) is 9.84 Å². The van der Waals surface area contributed by atoms with E-state index >= 15 is 0 Å². The topological polar surface area (TPSA) is 86.5 Å². The van der Waals surface area contributed by atoms with Gasteiger partial charge in [-0.1, -0.05) is 19.1 Å². The van der Waals surface area contributed by atoms with Gasteiger partial charge in [0, 0.05) is 12.3 Å². The summed E-state index contributed by atoms with van der Waals surface area (Å²) in [5.41, 5.74) is 0.651. The summed E-state index contributed by atoms with van der Waals surface area (Å²) in [7, 11) is -3.52. The molecule has 0 N–H and O–H groups in total. The first-order valence-corrected chi connectivity index (χ1v) is 8.45. The van der Waals surface area contributed by atoms with Gasteiger partial charge in [-0.15, -0.1) is 0 Å². The summed E-state index contributed by atoms with van der Waals surface area (Å²) in [5.74, 6) is 0.472. The molecule has 0 unspecified atom stereocenters. The molecular formula is C15H15NO5S. The number of nitro groups is 1. The van der Waals surface area contributed by atoms with E-state index in [9.17, 15) is 18.5 Å². The van der Waals surface area contributed by atoms with E-state index < -0.39 is 14.8 Å². The van der Waals surface area contributed by atoms with Crippen molar-refractivity contribution in [1.29, 1.82) is 0 Å². The van der Waals surface area contributed by atoms with Crippen LogP contribution in [0.4, 0.5) is 5.69 Å². The van der Waals surface area contributed by atoms with E-state index in [0.29, 0.717) is 5.75 Å². The number of sulfone groups is 1. The van der Waals surface area contributed by atoms with Crippen LogP contribution in [0.2, 0.25) is 0 Å². The van der Waals surface area contributed by atoms with Crippen LogP contribution in [0.3, 0.4) is 0 Å². The molecule has 0 fully saturated rings. The minimum Gasteiger partial charge on any atom is -0.450 e. The number of nitro benzene ring substituents is 1. The highest BCUT2D eigenvalue weighted by Crippen LogP contribution is 2.33. The summed E-state index contributed by atoms with van der Waals surface area (Å²) in [6.45, 7) is 1.99. The molecule has 22 heavy (non-hydrogen) atoms. The Morgan fingerprint density at radius 3 is 2.50 bits per heavy atom. The van der Waals surface area contributed by atoms with E-state index in [4.69, 9.17) is 4.74 Å². The van der Waals surface area contributed by atoms with Crippen LogP contribution < -0.4 is 4.74 Å². The van der Waals surface area contributed by atoms with E-state index in [2.05, 4.69) is 0 Å². The minimum atomic E-state index is -3.52. The monoisotopic (exact) mass is 321 g/mol. The Morgan fingerprint density at radius 1 is 1.18 bits per heavy atom. The maximum Gasteiger partial charge on any atom is 0.312 e. The maximum atomic E-state index is 11.5. The van der Waals surface area contributed by atoms with Crippen molar-refractivity contribution in [3.8, 4) is 11.5 Å². The van der Waals surface area contributed by atoms with Gasteiger partial charge in [-0.2, -0.15) is 0 Å². The summed E-state index contributed by atoms with van der Waals surface area (Å²) in [4.78, 5) is 10.4. The van der Waals surface area contributed by atoms with Crippen LogP contribution in [-0.4, -0.2) is 19.6 Å². The molecule has 116 valence electrons. The molecule has 0 amide bonds. The molecular weight excluding hydrogens is 306 g/mol. The van der Waals surface area contributed by atoms with E-state index in [1.165, 1.54) is 12.1 Å². The van der Waals surface area contributed by atoms with E-state index in [1.54, 1.807) is 18.2 Å². The molecule has 6 nitrogen and oxygen atoms in total. The Morgan fingerprint density at radius 2 is 1.91 bits per heavy atom. The van der Waals surface area contributed by atoms with Gasteiger partial charge in [-0.25, -0.2) is 8.42 Å². The molecule has 0 aromatic heterocycles. The fourth-order valence-corrected chi connectivity index (χ4v) is 2.55. The predicted octanol–water partition coefficient (Wildman–Crippen LogP) is 3.35. The Labute approximate surface area is 128 Å². The van der Waals surface area contributed by atoms with Crippen LogP contribution in [-0.2, 0) is 16.3 Å². The number of aryl methyl sites for hydroxylation is 1. The van der Waals surface area contributed by atoms with Crippen molar-refractivity contribution in [2.24, 2.45) is 0 Å². The van der Waals surface area contributed by atoms with Gasteiger partial charge in [0.05, 0.1) is 9.82 Å². The normalized spacial score (nSPS) is 11.2. The smallest absolute Gasteiger partial charge is 0.312 e. The molecule has 7 heteroatoms. The second-order valence-corrected chi connectivity index (χ2v) is 6.78. The number of nitrogens with zero attached hydrogens (tertiary/aromatic N) is 1. The van der Waals surface area contributed by atoms with Crippen LogP contribution in [0.15, 0.2) is 47.4 Å². The second-order valence-electron chi connectivity index (χ2n) is 4.76. The Balaban J connectivity index is 2.44. The van der Waals surface area contributed by atoms with Crippen LogP contribution in [0.5, 0.6) is 11.5 Å². The largest absolute Gasteiger partial charge is 0.450 e. The zero-order valence-corrected chi connectivity index (χ0v) is 13.0. The third kappa shape index (κ3) is 3.62. The summed E-state index contributed by atoms with van der Waals surface area (Å²) < 4.78 is 28.5. The zero-order valence-electron chi connectivity index (χ0n) is 12.1. The third-order valence-electron chi connectivity index (χ3n) is 3.09. The number of ether oxygens (including phenoxy) is 1. The number of benzene rings is 2. The lowest BCUT2D eigenvalue weighted by molar-refractivity contribution is -0.385. The van der Waals surface area contributed by atoms with Crippen molar-refractivity contribution in [2.75, 3.05) is 6.26 Å². The second kappa shape index (κ2) is 6.15. The standard InChI is InChI=1S/C15H15NO5S/c1-3-11-5-4-6-12(9-11)21-15-8-7-13(22(2,19)20)10-14(15)16(17)18/h4-10H,3H2,1-2H3. The van der Waals surface area contributed by atoms with Gasteiger partial charge in [-0.3, -0.25) is 10.1 Å². The molecule has 0 spiro atoms. The number of hydrogen-bond acceptors (Lipinski definition) is 5. The molecule has 0 aliphatic rings. The highest BCUT2D eigenvalue weighted by molar-refractivity contribution is 7.90. The van der Waals surface area contributed by atoms with E-state index in [0.717, 1.165) is 24.3 Å². The Hall–Kier alpha value is -2.41. The molecule has 0 saturated heterocycles. The highest BCUT2D eigenvalue weighted by atomic mass is 32.2. The summed E-state index contributed by atoms with van der Waals surface area (Å²) in [5, 5.41) is 11.1. The van der Waals surface area contributed by atoms with Crippen LogP contribution in [0, 0.1) is 10.1 Å². The van der Waals surface area contributed by atoms with Crippen molar-refractivity contribution in [1.82, 2.24) is 0 Å². The summed E-state index contributed by atoms with van der Waals surface area (Å²) in [6.07, 6.45) is 1.81. The van der Waals surface area contributed by atoms with Crippen molar-refractivity contribution >= 4 is 15.5 Å². The van der Waals surface area contributed by atoms with Gasteiger partial charge in [-0.05, 0) is 36.2 Å². The molecule has 0 saturated carbocycles. The SMILES string of the molecule is CCc1cccc(Oc2ccc(S(C)(=O)=O)cc2[N+](=O)[O-])c1. The highest BCUT2D eigenvalue weighted by Gasteiger charge is 2.20.